The lowest BCUT2D eigenvalue weighted by Crippen LogP contribution is -2.56. The lowest BCUT2D eigenvalue weighted by Gasteiger charge is -2.35. The van der Waals surface area contributed by atoms with Gasteiger partial charge >= 0.3 is 32.5 Å². The Balaban J connectivity index is 1.57. The second-order valence-corrected chi connectivity index (χ2v) is 13.2. The van der Waals surface area contributed by atoms with Gasteiger partial charge < -0.3 is 39.0 Å². The number of carbonyl (C=O) groups is 5. The number of piperazine rings is 1. The lowest BCUT2D eigenvalue weighted by atomic mass is 10.1. The fraction of sp³-hybridized carbons (Fsp3) is 0.529. The molecule has 17 heteroatoms. The number of anilines is 1. The van der Waals surface area contributed by atoms with Gasteiger partial charge in [-0.2, -0.15) is 0 Å². The van der Waals surface area contributed by atoms with Crippen LogP contribution >= 0.6 is 8.03 Å². The van der Waals surface area contributed by atoms with E-state index in [9.17, 15) is 28.5 Å². The van der Waals surface area contributed by atoms with Gasteiger partial charge in [0.1, 0.15) is 5.69 Å². The topological polar surface area (TPSA) is 183 Å². The molecule has 4 rings (SSSR count). The summed E-state index contributed by atoms with van der Waals surface area (Å²) in [6.45, 7) is 4.35. The molecule has 16 nitrogen and oxygen atoms in total. The van der Waals surface area contributed by atoms with Crippen molar-refractivity contribution in [3.8, 4) is 11.3 Å². The fourth-order valence-corrected chi connectivity index (χ4v) is 6.41. The largest absolute Gasteiger partial charge is 0.518 e. The van der Waals surface area contributed by atoms with E-state index in [1.165, 1.54) is 9.80 Å². The van der Waals surface area contributed by atoms with Crippen LogP contribution in [0.15, 0.2) is 42.5 Å². The van der Waals surface area contributed by atoms with Crippen LogP contribution in [-0.4, -0.2) is 122 Å². The average Bonchev–Trinajstić information content (AvgIpc) is 3.60. The number of nitrogens with one attached hydrogen (secondary N) is 1. The molecule has 0 saturated carbocycles. The highest BCUT2D eigenvalue weighted by Gasteiger charge is 2.40. The Hall–Kier alpha value is -4.66. The van der Waals surface area contributed by atoms with Crippen LogP contribution in [0.5, 0.6) is 0 Å². The molecule has 1 aromatic carbocycles. The van der Waals surface area contributed by atoms with E-state index in [0.29, 0.717) is 25.4 Å². The molecule has 0 bridgehead atoms. The summed E-state index contributed by atoms with van der Waals surface area (Å²) in [6.07, 6.45) is 1.39. The first-order valence-electron chi connectivity index (χ1n) is 16.8. The average molecular weight is 731 g/mol. The number of benzene rings is 1. The first-order valence-corrected chi connectivity index (χ1v) is 18.2. The van der Waals surface area contributed by atoms with Crippen LogP contribution in [0, 0.1) is 0 Å². The van der Waals surface area contributed by atoms with Gasteiger partial charge in [-0.1, -0.05) is 48.2 Å². The Bertz CT molecular complexity index is 1540. The van der Waals surface area contributed by atoms with Gasteiger partial charge in [0.2, 0.25) is 12.1 Å². The summed E-state index contributed by atoms with van der Waals surface area (Å²) in [5.41, 5.74) is 2.05. The van der Waals surface area contributed by atoms with Crippen molar-refractivity contribution in [3.63, 3.8) is 0 Å². The molecule has 2 aliphatic rings. The number of aromatic nitrogens is 1. The van der Waals surface area contributed by atoms with Gasteiger partial charge in [-0.15, -0.1) is 0 Å². The standard InChI is InChI=1S/C34H44N5O11P/c1-5-6-18-47-33(44)38-16-14-37(15-17-38)32(43)30(22-51(45)50-34(48-23(2)40)49-24(3)41)36-31(42)29-20-26(39-13-12-27(21-39)46-4)19-28(35-29)25-10-8-7-9-11-25/h7-11,19-20,27,30,34H,5-6,12-18,21-22H2,1-4H3/p+1/t27-,30-/m0/s1. The Morgan fingerprint density at radius 1 is 0.961 bits per heavy atom. The number of hydrogen-bond acceptors (Lipinski definition) is 13. The van der Waals surface area contributed by atoms with Crippen LogP contribution in [0.2, 0.25) is 0 Å². The Labute approximate surface area is 297 Å². The molecule has 1 unspecified atom stereocenters. The molecule has 3 heterocycles. The van der Waals surface area contributed by atoms with E-state index in [1.807, 2.05) is 43.3 Å². The Morgan fingerprint density at radius 2 is 1.63 bits per heavy atom. The third-order valence-corrected chi connectivity index (χ3v) is 9.26. The van der Waals surface area contributed by atoms with Gasteiger partial charge in [-0.3, -0.25) is 19.2 Å². The molecule has 2 aromatic rings. The van der Waals surface area contributed by atoms with E-state index in [2.05, 4.69) is 15.2 Å². The molecule has 1 N–H and O–H groups in total. The molecular formula is C34H45N5O11P+. The van der Waals surface area contributed by atoms with Gasteiger partial charge in [-0.25, -0.2) is 9.78 Å². The second-order valence-electron chi connectivity index (χ2n) is 12.0. The van der Waals surface area contributed by atoms with E-state index in [0.717, 1.165) is 44.4 Å². The van der Waals surface area contributed by atoms with Crippen LogP contribution < -0.4 is 10.2 Å². The number of nitrogens with zero attached hydrogens (tertiary/aromatic N) is 4. The van der Waals surface area contributed by atoms with Crippen LogP contribution in [0.1, 0.15) is 50.5 Å². The summed E-state index contributed by atoms with van der Waals surface area (Å²) in [5, 5.41) is 2.68. The smallest absolute Gasteiger partial charge is 0.449 e. The zero-order valence-electron chi connectivity index (χ0n) is 29.3. The third-order valence-electron chi connectivity index (χ3n) is 8.19. The number of hydrogen-bond donors (Lipinski definition) is 1. The highest BCUT2D eigenvalue weighted by atomic mass is 31.1. The minimum Gasteiger partial charge on any atom is -0.449 e. The van der Waals surface area contributed by atoms with Crippen molar-refractivity contribution < 1.29 is 52.0 Å². The normalized spacial score (nSPS) is 16.8. The first-order chi connectivity index (χ1) is 24.5. The first kappa shape index (κ1) is 39.1. The van der Waals surface area contributed by atoms with Crippen LogP contribution in [0.4, 0.5) is 10.5 Å². The summed E-state index contributed by atoms with van der Waals surface area (Å²) >= 11 is 0. The zero-order valence-corrected chi connectivity index (χ0v) is 30.2. The van der Waals surface area contributed by atoms with Crippen molar-refractivity contribution in [2.24, 2.45) is 0 Å². The predicted molar refractivity (Wildman–Crippen MR) is 184 cm³/mol. The fourth-order valence-electron chi connectivity index (χ4n) is 5.50. The van der Waals surface area contributed by atoms with Crippen molar-refractivity contribution in [1.82, 2.24) is 20.1 Å². The monoisotopic (exact) mass is 730 g/mol. The maximum absolute atomic E-state index is 13.9. The molecule has 3 atom stereocenters. The number of rotatable bonds is 15. The summed E-state index contributed by atoms with van der Waals surface area (Å²) in [4.78, 5) is 73.1. The molecule has 2 saturated heterocycles. The van der Waals surface area contributed by atoms with E-state index in [1.54, 1.807) is 13.2 Å². The van der Waals surface area contributed by atoms with E-state index < -0.39 is 56.6 Å². The predicted octanol–water partition coefficient (Wildman–Crippen LogP) is 3.32. The highest BCUT2D eigenvalue weighted by molar-refractivity contribution is 7.39. The van der Waals surface area contributed by atoms with Crippen molar-refractivity contribution >= 4 is 43.6 Å². The molecule has 3 amide bonds. The second kappa shape index (κ2) is 19.1. The Kier molecular flexibility index (Phi) is 14.6. The summed E-state index contributed by atoms with van der Waals surface area (Å²) in [6, 6.07) is 11.4. The zero-order chi connectivity index (χ0) is 36.9. The van der Waals surface area contributed by atoms with Gasteiger partial charge in [0.15, 0.2) is 6.04 Å². The Morgan fingerprint density at radius 3 is 2.24 bits per heavy atom. The van der Waals surface area contributed by atoms with E-state index in [4.69, 9.17) is 23.5 Å². The molecule has 276 valence electrons. The number of pyridine rings is 1. The van der Waals surface area contributed by atoms with Crippen LogP contribution in [0.25, 0.3) is 11.3 Å². The molecule has 0 spiro atoms. The van der Waals surface area contributed by atoms with Crippen LogP contribution in [-0.2, 0) is 42.4 Å². The molecule has 2 fully saturated rings. The molecule has 0 aliphatic carbocycles. The molecule has 0 radical (unpaired) electrons. The summed E-state index contributed by atoms with van der Waals surface area (Å²) in [5.74, 6) is -3.04. The molecule has 1 aromatic heterocycles. The summed E-state index contributed by atoms with van der Waals surface area (Å²) < 4.78 is 38.9. The van der Waals surface area contributed by atoms with Crippen LogP contribution in [0.3, 0.4) is 0 Å². The molecule has 51 heavy (non-hydrogen) atoms. The maximum atomic E-state index is 13.9. The number of ether oxygens (including phenoxy) is 4. The van der Waals surface area contributed by atoms with E-state index in [-0.39, 0.29) is 38.0 Å². The van der Waals surface area contributed by atoms with Crippen molar-refractivity contribution in [1.29, 1.82) is 0 Å². The van der Waals surface area contributed by atoms with Gasteiger partial charge in [0.25, 0.3) is 5.91 Å². The summed E-state index contributed by atoms with van der Waals surface area (Å²) in [7, 11) is -1.20. The highest BCUT2D eigenvalue weighted by Crippen LogP contribution is 2.30. The van der Waals surface area contributed by atoms with E-state index >= 15 is 0 Å². The van der Waals surface area contributed by atoms with Crippen molar-refractivity contribution in [3.05, 3.63) is 48.2 Å². The maximum Gasteiger partial charge on any atom is 0.518 e. The third kappa shape index (κ3) is 11.7. The minimum atomic E-state index is -2.86. The number of esters is 2. The molecule has 2 aliphatic heterocycles. The minimum absolute atomic E-state index is 0.0125. The van der Waals surface area contributed by atoms with Crippen molar-refractivity contribution in [2.75, 3.05) is 64.0 Å². The number of methoxy groups -OCH3 is 1. The number of carbonyl (C=O) groups excluding carboxylic acids is 5. The lowest BCUT2D eigenvalue weighted by molar-refractivity contribution is -0.231. The quantitative estimate of drug-likeness (QED) is 0.122. The van der Waals surface area contributed by atoms with Gasteiger partial charge in [0, 0.05) is 71.5 Å². The van der Waals surface area contributed by atoms with Gasteiger partial charge in [0.05, 0.1) is 18.4 Å². The number of amides is 3. The molecular weight excluding hydrogens is 685 g/mol. The number of unbranched alkanes of at least 4 members (excludes halogenated alkanes) is 1. The van der Waals surface area contributed by atoms with Crippen molar-refractivity contribution in [2.45, 2.75) is 58.7 Å². The SMILES string of the molecule is CCCCOC(=O)N1CCN(C(=O)[C@H](C[P+](=O)OC(OC(C)=O)OC(C)=O)NC(=O)c2cc(N3CC[C@H](OC)C3)cc(-c3ccccc3)n2)CC1. The van der Waals surface area contributed by atoms with Gasteiger partial charge in [-0.05, 0) is 29.5 Å².